The van der Waals surface area contributed by atoms with Crippen molar-refractivity contribution in [2.75, 3.05) is 32.7 Å². The topological polar surface area (TPSA) is 73.0 Å². The minimum atomic E-state index is -0.553. The number of hydrogen-bond acceptors (Lipinski definition) is 4. The van der Waals surface area contributed by atoms with Gasteiger partial charge in [-0.25, -0.2) is 4.79 Å². The normalized spacial score (nSPS) is 24.9. The minimum absolute atomic E-state index is 0.0318. The van der Waals surface area contributed by atoms with Crippen LogP contribution in [0.4, 0.5) is 4.79 Å². The zero-order chi connectivity index (χ0) is 19.0. The van der Waals surface area contributed by atoms with Crippen LogP contribution in [0.5, 0.6) is 0 Å². The Balaban J connectivity index is 1.48. The number of nitrogens with zero attached hydrogens (tertiary/aromatic N) is 3. The van der Waals surface area contributed by atoms with Crippen LogP contribution in [0.2, 0.25) is 0 Å². The van der Waals surface area contributed by atoms with Gasteiger partial charge in [-0.15, -0.1) is 0 Å². The van der Waals surface area contributed by atoms with E-state index in [4.69, 9.17) is 0 Å². The molecule has 1 aromatic rings. The third kappa shape index (κ3) is 3.20. The molecule has 7 nitrogen and oxygen atoms in total. The highest BCUT2D eigenvalue weighted by atomic mass is 16.2. The van der Waals surface area contributed by atoms with Crippen molar-refractivity contribution >= 4 is 17.8 Å². The second-order valence-electron chi connectivity index (χ2n) is 7.60. The zero-order valence-corrected chi connectivity index (χ0v) is 15.6. The standard InChI is InChI=1S/C20H26N4O3/c1-14(15-5-3-2-4-6-15)24-19(26)17-13-22(11-12-23(17)20(24)27)18(25)16-7-9-21-10-8-16/h2-6,14,16-17,21H,7-13H2,1H3. The molecule has 2 unspecified atom stereocenters. The fourth-order valence-corrected chi connectivity index (χ4v) is 4.38. The third-order valence-corrected chi connectivity index (χ3v) is 6.02. The van der Waals surface area contributed by atoms with E-state index in [0.717, 1.165) is 31.5 Å². The monoisotopic (exact) mass is 370 g/mol. The highest BCUT2D eigenvalue weighted by Gasteiger charge is 2.50. The Morgan fingerprint density at radius 2 is 1.81 bits per heavy atom. The molecule has 0 spiro atoms. The SMILES string of the molecule is CC(c1ccccc1)N1C(=O)C2CN(C(=O)C3CCNCC3)CCN2C1=O. The molecule has 0 aliphatic carbocycles. The van der Waals surface area contributed by atoms with Crippen LogP contribution < -0.4 is 5.32 Å². The van der Waals surface area contributed by atoms with Crippen molar-refractivity contribution in [1.82, 2.24) is 20.0 Å². The Labute approximate surface area is 159 Å². The van der Waals surface area contributed by atoms with Gasteiger partial charge in [0.25, 0.3) is 5.91 Å². The number of imide groups is 1. The van der Waals surface area contributed by atoms with Crippen molar-refractivity contribution in [3.63, 3.8) is 0 Å². The number of carbonyl (C=O) groups is 3. The number of amides is 4. The first kappa shape index (κ1) is 18.0. The summed E-state index contributed by atoms with van der Waals surface area (Å²) in [5.74, 6) is -0.0329. The summed E-state index contributed by atoms with van der Waals surface area (Å²) in [5.41, 5.74) is 0.932. The maximum Gasteiger partial charge on any atom is 0.328 e. The Bertz CT molecular complexity index is 732. The molecule has 0 bridgehead atoms. The summed E-state index contributed by atoms with van der Waals surface area (Å²) in [4.78, 5) is 43.5. The van der Waals surface area contributed by atoms with Crippen molar-refractivity contribution in [1.29, 1.82) is 0 Å². The van der Waals surface area contributed by atoms with Crippen LogP contribution in [0.25, 0.3) is 0 Å². The largest absolute Gasteiger partial charge is 0.338 e. The molecule has 2 atom stereocenters. The summed E-state index contributed by atoms with van der Waals surface area (Å²) in [5, 5.41) is 3.27. The molecule has 27 heavy (non-hydrogen) atoms. The summed E-state index contributed by atoms with van der Waals surface area (Å²) < 4.78 is 0. The zero-order valence-electron chi connectivity index (χ0n) is 15.6. The number of benzene rings is 1. The molecule has 0 radical (unpaired) electrons. The van der Waals surface area contributed by atoms with Crippen molar-refractivity contribution in [3.05, 3.63) is 35.9 Å². The van der Waals surface area contributed by atoms with Crippen LogP contribution in [0.15, 0.2) is 30.3 Å². The van der Waals surface area contributed by atoms with Crippen LogP contribution in [0.3, 0.4) is 0 Å². The first-order valence-corrected chi connectivity index (χ1v) is 9.76. The molecule has 4 rings (SSSR count). The average Bonchev–Trinajstić information content (AvgIpc) is 2.98. The van der Waals surface area contributed by atoms with Crippen LogP contribution >= 0.6 is 0 Å². The van der Waals surface area contributed by atoms with Crippen molar-refractivity contribution in [3.8, 4) is 0 Å². The molecule has 3 aliphatic heterocycles. The van der Waals surface area contributed by atoms with Gasteiger partial charge in [0, 0.05) is 19.0 Å². The van der Waals surface area contributed by atoms with Crippen LogP contribution in [0, 0.1) is 5.92 Å². The molecular weight excluding hydrogens is 344 g/mol. The molecule has 1 N–H and O–H groups in total. The van der Waals surface area contributed by atoms with Gasteiger partial charge in [0.15, 0.2) is 0 Å². The molecule has 3 fully saturated rings. The lowest BCUT2D eigenvalue weighted by molar-refractivity contribution is -0.140. The lowest BCUT2D eigenvalue weighted by Crippen LogP contribution is -2.56. The first-order valence-electron chi connectivity index (χ1n) is 9.76. The van der Waals surface area contributed by atoms with Gasteiger partial charge < -0.3 is 15.1 Å². The molecule has 3 aliphatic rings. The van der Waals surface area contributed by atoms with Crippen LogP contribution in [-0.2, 0) is 9.59 Å². The summed E-state index contributed by atoms with van der Waals surface area (Å²) in [6, 6.07) is 8.47. The van der Waals surface area contributed by atoms with Gasteiger partial charge in [0.1, 0.15) is 6.04 Å². The van der Waals surface area contributed by atoms with Crippen molar-refractivity contribution in [2.45, 2.75) is 31.8 Å². The maximum atomic E-state index is 13.0. The van der Waals surface area contributed by atoms with E-state index in [1.807, 2.05) is 37.3 Å². The summed E-state index contributed by atoms with van der Waals surface area (Å²) in [6.45, 7) is 4.84. The number of piperazine rings is 1. The number of urea groups is 1. The Kier molecular flexibility index (Phi) is 4.86. The average molecular weight is 370 g/mol. The number of hydrogen-bond donors (Lipinski definition) is 1. The Hall–Kier alpha value is -2.41. The second-order valence-corrected chi connectivity index (χ2v) is 7.60. The highest BCUT2D eigenvalue weighted by molar-refractivity contribution is 6.05. The number of nitrogens with one attached hydrogen (secondary N) is 1. The summed E-state index contributed by atoms with van der Waals surface area (Å²) in [7, 11) is 0. The van der Waals surface area contributed by atoms with Gasteiger partial charge in [0.2, 0.25) is 5.91 Å². The van der Waals surface area contributed by atoms with E-state index in [1.54, 1.807) is 9.80 Å². The fourth-order valence-electron chi connectivity index (χ4n) is 4.38. The molecule has 4 amide bonds. The molecule has 144 valence electrons. The van der Waals surface area contributed by atoms with E-state index in [2.05, 4.69) is 5.32 Å². The summed E-state index contributed by atoms with van der Waals surface area (Å²) >= 11 is 0. The van der Waals surface area contributed by atoms with Gasteiger partial charge in [-0.1, -0.05) is 30.3 Å². The van der Waals surface area contributed by atoms with E-state index in [-0.39, 0.29) is 29.8 Å². The molecule has 1 aromatic carbocycles. The molecular formula is C20H26N4O3. The predicted octanol–water partition coefficient (Wildman–Crippen LogP) is 1.22. The number of piperidine rings is 1. The van der Waals surface area contributed by atoms with Gasteiger partial charge in [-0.2, -0.15) is 0 Å². The summed E-state index contributed by atoms with van der Waals surface area (Å²) in [6.07, 6.45) is 1.68. The maximum absolute atomic E-state index is 13.0. The van der Waals surface area contributed by atoms with Gasteiger partial charge in [-0.05, 0) is 38.4 Å². The highest BCUT2D eigenvalue weighted by Crippen LogP contribution is 2.31. The molecule has 0 saturated carbocycles. The third-order valence-electron chi connectivity index (χ3n) is 6.02. The molecule has 3 saturated heterocycles. The van der Waals surface area contributed by atoms with E-state index >= 15 is 0 Å². The molecule has 3 heterocycles. The predicted molar refractivity (Wildman–Crippen MR) is 99.8 cm³/mol. The van der Waals surface area contributed by atoms with E-state index in [0.29, 0.717) is 19.6 Å². The smallest absolute Gasteiger partial charge is 0.328 e. The first-order chi connectivity index (χ1) is 13.1. The van der Waals surface area contributed by atoms with Crippen LogP contribution in [0.1, 0.15) is 31.4 Å². The lowest BCUT2D eigenvalue weighted by Gasteiger charge is -2.37. The van der Waals surface area contributed by atoms with E-state index in [9.17, 15) is 14.4 Å². The molecule has 7 heteroatoms. The Morgan fingerprint density at radius 1 is 1.11 bits per heavy atom. The Morgan fingerprint density at radius 3 is 2.52 bits per heavy atom. The molecule has 0 aromatic heterocycles. The lowest BCUT2D eigenvalue weighted by atomic mass is 9.96. The van der Waals surface area contributed by atoms with Gasteiger partial charge in [0.05, 0.1) is 12.6 Å². The van der Waals surface area contributed by atoms with Crippen molar-refractivity contribution < 1.29 is 14.4 Å². The van der Waals surface area contributed by atoms with Gasteiger partial charge in [-0.3, -0.25) is 14.5 Å². The number of carbonyl (C=O) groups excluding carboxylic acids is 3. The number of fused-ring (bicyclic) bond motifs is 1. The minimum Gasteiger partial charge on any atom is -0.338 e. The fraction of sp³-hybridized carbons (Fsp3) is 0.550. The number of rotatable bonds is 3. The van der Waals surface area contributed by atoms with Gasteiger partial charge >= 0.3 is 6.03 Å². The van der Waals surface area contributed by atoms with E-state index < -0.39 is 6.04 Å². The van der Waals surface area contributed by atoms with Crippen molar-refractivity contribution in [2.24, 2.45) is 5.92 Å². The second kappa shape index (κ2) is 7.31. The quantitative estimate of drug-likeness (QED) is 0.812. The van der Waals surface area contributed by atoms with Crippen LogP contribution in [-0.4, -0.2) is 71.3 Å². The van der Waals surface area contributed by atoms with E-state index in [1.165, 1.54) is 4.90 Å².